The van der Waals surface area contributed by atoms with Crippen molar-refractivity contribution in [2.45, 2.75) is 6.92 Å². The van der Waals surface area contributed by atoms with Gasteiger partial charge in [-0.2, -0.15) is 4.98 Å². The summed E-state index contributed by atoms with van der Waals surface area (Å²) in [5.41, 5.74) is 1.07. The third-order valence-corrected chi connectivity index (χ3v) is 2.19. The van der Waals surface area contributed by atoms with E-state index in [2.05, 4.69) is 15.2 Å². The van der Waals surface area contributed by atoms with Crippen LogP contribution in [-0.4, -0.2) is 15.2 Å². The molecule has 0 bridgehead atoms. The summed E-state index contributed by atoms with van der Waals surface area (Å²) in [5.74, 6) is 0.769. The molecular weight excluding hydrogens is 249 g/mol. The normalized spacial score (nSPS) is 10.2. The molecule has 2 rings (SSSR count). The Labute approximate surface area is 102 Å². The third kappa shape index (κ3) is 2.59. The van der Waals surface area contributed by atoms with Crippen LogP contribution in [0.4, 0.5) is 0 Å². The largest absolute Gasteiger partial charge is 0.436 e. The summed E-state index contributed by atoms with van der Waals surface area (Å²) in [6.07, 6.45) is 0. The van der Waals surface area contributed by atoms with Crippen LogP contribution in [0.2, 0.25) is 10.4 Å². The van der Waals surface area contributed by atoms with Crippen molar-refractivity contribution in [1.82, 2.24) is 15.2 Å². The number of halogens is 2. The van der Waals surface area contributed by atoms with Gasteiger partial charge in [-0.1, -0.05) is 23.7 Å². The van der Waals surface area contributed by atoms with Crippen molar-refractivity contribution >= 4 is 23.2 Å². The zero-order chi connectivity index (χ0) is 11.5. The average molecular weight is 256 g/mol. The Hall–Kier alpha value is -1.39. The van der Waals surface area contributed by atoms with E-state index in [0.717, 1.165) is 5.56 Å². The molecule has 82 valence electrons. The Bertz CT molecular complexity index is 519. The minimum atomic E-state index is -0.00736. The van der Waals surface area contributed by atoms with Crippen molar-refractivity contribution in [3.05, 3.63) is 40.3 Å². The highest BCUT2D eigenvalue weighted by Gasteiger charge is 2.08. The van der Waals surface area contributed by atoms with E-state index in [1.54, 1.807) is 6.07 Å². The monoisotopic (exact) mass is 255 g/mol. The molecule has 0 spiro atoms. The molecule has 16 heavy (non-hydrogen) atoms. The summed E-state index contributed by atoms with van der Waals surface area (Å²) in [5, 5.41) is 7.15. The highest BCUT2D eigenvalue weighted by atomic mass is 35.5. The zero-order valence-electron chi connectivity index (χ0n) is 8.32. The van der Waals surface area contributed by atoms with E-state index in [9.17, 15) is 0 Å². The van der Waals surface area contributed by atoms with Crippen LogP contribution in [0.3, 0.4) is 0 Å². The predicted molar refractivity (Wildman–Crippen MR) is 61.1 cm³/mol. The first kappa shape index (κ1) is 11.1. The SMILES string of the molecule is Cc1cccc(Oc2nc(Cl)nnc2Cl)c1. The molecule has 0 unspecified atom stereocenters. The summed E-state index contributed by atoms with van der Waals surface area (Å²) < 4.78 is 5.44. The lowest BCUT2D eigenvalue weighted by Gasteiger charge is -2.05. The highest BCUT2D eigenvalue weighted by molar-refractivity contribution is 6.31. The highest BCUT2D eigenvalue weighted by Crippen LogP contribution is 2.26. The topological polar surface area (TPSA) is 47.9 Å². The van der Waals surface area contributed by atoms with Gasteiger partial charge in [-0.15, -0.1) is 10.2 Å². The molecule has 0 aliphatic heterocycles. The van der Waals surface area contributed by atoms with Crippen LogP contribution in [0.1, 0.15) is 5.56 Å². The summed E-state index contributed by atoms with van der Waals surface area (Å²) in [7, 11) is 0. The van der Waals surface area contributed by atoms with E-state index < -0.39 is 0 Å². The Balaban J connectivity index is 2.30. The molecule has 0 aliphatic carbocycles. The molecule has 4 nitrogen and oxygen atoms in total. The molecule has 6 heteroatoms. The lowest BCUT2D eigenvalue weighted by Crippen LogP contribution is -1.94. The fourth-order valence-corrected chi connectivity index (χ4v) is 1.37. The van der Waals surface area contributed by atoms with Gasteiger partial charge < -0.3 is 4.74 Å². The maximum Gasteiger partial charge on any atom is 0.262 e. The number of aromatic nitrogens is 3. The molecule has 0 atom stereocenters. The van der Waals surface area contributed by atoms with Crippen LogP contribution < -0.4 is 4.74 Å². The molecule has 0 aliphatic rings. The number of benzene rings is 1. The minimum absolute atomic E-state index is 0.00736. The lowest BCUT2D eigenvalue weighted by atomic mass is 10.2. The molecule has 1 aromatic carbocycles. The second-order valence-corrected chi connectivity index (χ2v) is 3.79. The van der Waals surface area contributed by atoms with Gasteiger partial charge in [-0.25, -0.2) is 0 Å². The van der Waals surface area contributed by atoms with Crippen LogP contribution in [0.5, 0.6) is 11.6 Å². The molecule has 0 saturated heterocycles. The van der Waals surface area contributed by atoms with Crippen molar-refractivity contribution in [2.75, 3.05) is 0 Å². The minimum Gasteiger partial charge on any atom is -0.436 e. The summed E-state index contributed by atoms with van der Waals surface area (Å²) in [6.45, 7) is 1.96. The molecule has 0 fully saturated rings. The van der Waals surface area contributed by atoms with Gasteiger partial charge in [-0.05, 0) is 36.2 Å². The molecular formula is C10H7Cl2N3O. The van der Waals surface area contributed by atoms with Gasteiger partial charge in [-0.3, -0.25) is 0 Å². The standard InChI is InChI=1S/C10H7Cl2N3O/c1-6-3-2-4-7(5-6)16-9-8(11)14-15-10(12)13-9/h2-5H,1H3. The van der Waals surface area contributed by atoms with Crippen LogP contribution in [0.15, 0.2) is 24.3 Å². The van der Waals surface area contributed by atoms with Crippen LogP contribution in [0, 0.1) is 6.92 Å². The van der Waals surface area contributed by atoms with Crippen molar-refractivity contribution in [3.63, 3.8) is 0 Å². The first-order chi connectivity index (χ1) is 7.65. The summed E-state index contributed by atoms with van der Waals surface area (Å²) >= 11 is 11.4. The van der Waals surface area contributed by atoms with Gasteiger partial charge in [0.1, 0.15) is 5.75 Å². The molecule has 1 aromatic heterocycles. The van der Waals surface area contributed by atoms with Crippen LogP contribution in [-0.2, 0) is 0 Å². The van der Waals surface area contributed by atoms with Gasteiger partial charge >= 0.3 is 0 Å². The van der Waals surface area contributed by atoms with Gasteiger partial charge in [0, 0.05) is 0 Å². The first-order valence-electron chi connectivity index (χ1n) is 4.45. The number of nitrogens with zero attached hydrogens (tertiary/aromatic N) is 3. The first-order valence-corrected chi connectivity index (χ1v) is 5.21. The van der Waals surface area contributed by atoms with E-state index in [-0.39, 0.29) is 16.3 Å². The van der Waals surface area contributed by atoms with E-state index >= 15 is 0 Å². The molecule has 0 radical (unpaired) electrons. The Morgan fingerprint density at radius 1 is 1.19 bits per heavy atom. The zero-order valence-corrected chi connectivity index (χ0v) is 9.83. The predicted octanol–water partition coefficient (Wildman–Crippen LogP) is 3.28. The second-order valence-electron chi connectivity index (χ2n) is 3.10. The van der Waals surface area contributed by atoms with Gasteiger partial charge in [0.15, 0.2) is 0 Å². The Kier molecular flexibility index (Phi) is 3.22. The van der Waals surface area contributed by atoms with E-state index in [1.165, 1.54) is 0 Å². The molecule has 0 N–H and O–H groups in total. The van der Waals surface area contributed by atoms with Gasteiger partial charge in [0.2, 0.25) is 10.4 Å². The van der Waals surface area contributed by atoms with E-state index in [1.807, 2.05) is 25.1 Å². The molecule has 1 heterocycles. The second kappa shape index (κ2) is 4.63. The van der Waals surface area contributed by atoms with Crippen molar-refractivity contribution in [3.8, 4) is 11.6 Å². The van der Waals surface area contributed by atoms with E-state index in [0.29, 0.717) is 5.75 Å². The van der Waals surface area contributed by atoms with Crippen molar-refractivity contribution < 1.29 is 4.74 Å². The third-order valence-electron chi connectivity index (χ3n) is 1.79. The maximum atomic E-state index is 5.77. The van der Waals surface area contributed by atoms with Gasteiger partial charge in [0.05, 0.1) is 0 Å². The Morgan fingerprint density at radius 3 is 2.75 bits per heavy atom. The van der Waals surface area contributed by atoms with Crippen molar-refractivity contribution in [1.29, 1.82) is 0 Å². The fourth-order valence-electron chi connectivity index (χ4n) is 1.14. The number of ether oxygens (including phenoxy) is 1. The van der Waals surface area contributed by atoms with Crippen LogP contribution >= 0.6 is 23.2 Å². The molecule has 0 amide bonds. The number of rotatable bonds is 2. The summed E-state index contributed by atoms with van der Waals surface area (Å²) in [4.78, 5) is 3.84. The fraction of sp³-hybridized carbons (Fsp3) is 0.100. The number of hydrogen-bond donors (Lipinski definition) is 0. The lowest BCUT2D eigenvalue weighted by molar-refractivity contribution is 0.457. The van der Waals surface area contributed by atoms with E-state index in [4.69, 9.17) is 27.9 Å². The van der Waals surface area contributed by atoms with Crippen LogP contribution in [0.25, 0.3) is 0 Å². The average Bonchev–Trinajstić information content (AvgIpc) is 2.24. The molecule has 0 saturated carbocycles. The number of hydrogen-bond acceptors (Lipinski definition) is 4. The maximum absolute atomic E-state index is 5.77. The Morgan fingerprint density at radius 2 is 2.00 bits per heavy atom. The quantitative estimate of drug-likeness (QED) is 0.827. The molecule has 2 aromatic rings. The summed E-state index contributed by atoms with van der Waals surface area (Å²) in [6, 6.07) is 7.47. The van der Waals surface area contributed by atoms with Gasteiger partial charge in [0.25, 0.3) is 5.88 Å². The smallest absolute Gasteiger partial charge is 0.262 e. The number of aryl methyl sites for hydroxylation is 1. The van der Waals surface area contributed by atoms with Crippen molar-refractivity contribution in [2.24, 2.45) is 0 Å².